The highest BCUT2D eigenvalue weighted by atomic mass is 16.1. The molecule has 2 heterocycles. The van der Waals surface area contributed by atoms with E-state index in [0.717, 1.165) is 17.7 Å². The molecule has 7 nitrogen and oxygen atoms in total. The van der Waals surface area contributed by atoms with Gasteiger partial charge in [0.25, 0.3) is 5.91 Å². The van der Waals surface area contributed by atoms with Crippen LogP contribution in [0.4, 0.5) is 5.69 Å². The van der Waals surface area contributed by atoms with Crippen LogP contribution in [0.3, 0.4) is 0 Å². The molecule has 0 aliphatic rings. The van der Waals surface area contributed by atoms with Crippen molar-refractivity contribution in [3.63, 3.8) is 0 Å². The lowest BCUT2D eigenvalue weighted by atomic mass is 10.0. The van der Waals surface area contributed by atoms with Gasteiger partial charge in [0.1, 0.15) is 11.2 Å². The van der Waals surface area contributed by atoms with Crippen LogP contribution >= 0.6 is 0 Å². The fourth-order valence-corrected chi connectivity index (χ4v) is 2.90. The molecular weight excluding hydrogens is 340 g/mol. The Kier molecular flexibility index (Phi) is 5.21. The van der Waals surface area contributed by atoms with E-state index in [4.69, 9.17) is 5.41 Å². The molecule has 0 aliphatic heterocycles. The van der Waals surface area contributed by atoms with Gasteiger partial charge in [-0.1, -0.05) is 19.1 Å². The zero-order chi connectivity index (χ0) is 19.6. The zero-order valence-electron chi connectivity index (χ0n) is 16.0. The topological polar surface area (TPSA) is 107 Å². The van der Waals surface area contributed by atoms with Gasteiger partial charge in [0.15, 0.2) is 5.65 Å². The summed E-state index contributed by atoms with van der Waals surface area (Å²) in [6, 6.07) is 5.98. The number of anilines is 1. The quantitative estimate of drug-likeness (QED) is 0.504. The summed E-state index contributed by atoms with van der Waals surface area (Å²) in [5, 5.41) is 14.6. The number of benzene rings is 1. The van der Waals surface area contributed by atoms with Crippen molar-refractivity contribution in [1.82, 2.24) is 20.3 Å². The second kappa shape index (κ2) is 7.57. The standard InChI is InChI=1S/C20H24N6O/c1-5-12-6-7-13(15(8-12)22-4)17(21)16-10-24-19-18(26-16)14(9-23-19)20(27)25-11(2)3/h6-11,21-22H,5H2,1-4H3,(H,23,24)(H,25,27). The molecule has 1 amide bonds. The number of nitrogens with one attached hydrogen (secondary N) is 4. The van der Waals surface area contributed by atoms with Crippen molar-refractivity contribution in [1.29, 1.82) is 5.41 Å². The minimum Gasteiger partial charge on any atom is -0.388 e. The summed E-state index contributed by atoms with van der Waals surface area (Å²) in [5.41, 5.74) is 4.89. The van der Waals surface area contributed by atoms with Gasteiger partial charge in [-0.3, -0.25) is 10.2 Å². The van der Waals surface area contributed by atoms with Crippen molar-refractivity contribution in [3.05, 3.63) is 53.0 Å². The number of amides is 1. The lowest BCUT2D eigenvalue weighted by molar-refractivity contribution is 0.0944. The summed E-state index contributed by atoms with van der Waals surface area (Å²) in [7, 11) is 1.83. The highest BCUT2D eigenvalue weighted by Crippen LogP contribution is 2.22. The van der Waals surface area contributed by atoms with Crippen LogP contribution in [0.25, 0.3) is 11.2 Å². The first-order valence-corrected chi connectivity index (χ1v) is 8.99. The van der Waals surface area contributed by atoms with E-state index >= 15 is 0 Å². The summed E-state index contributed by atoms with van der Waals surface area (Å²) in [6.45, 7) is 5.90. The highest BCUT2D eigenvalue weighted by Gasteiger charge is 2.18. The van der Waals surface area contributed by atoms with E-state index in [2.05, 4.69) is 32.5 Å². The fraction of sp³-hybridized carbons (Fsp3) is 0.300. The van der Waals surface area contributed by atoms with Gasteiger partial charge in [0, 0.05) is 30.5 Å². The van der Waals surface area contributed by atoms with Crippen molar-refractivity contribution < 1.29 is 4.79 Å². The number of fused-ring (bicyclic) bond motifs is 1. The zero-order valence-corrected chi connectivity index (χ0v) is 16.0. The smallest absolute Gasteiger partial charge is 0.255 e. The molecule has 4 N–H and O–H groups in total. The van der Waals surface area contributed by atoms with Gasteiger partial charge in [0.05, 0.1) is 17.5 Å². The maximum absolute atomic E-state index is 12.4. The van der Waals surface area contributed by atoms with E-state index in [1.54, 1.807) is 12.4 Å². The van der Waals surface area contributed by atoms with Crippen molar-refractivity contribution in [2.45, 2.75) is 33.2 Å². The predicted molar refractivity (Wildman–Crippen MR) is 108 cm³/mol. The number of aromatic amines is 1. The van der Waals surface area contributed by atoms with Gasteiger partial charge in [0.2, 0.25) is 0 Å². The third-order valence-corrected chi connectivity index (χ3v) is 4.33. The lowest BCUT2D eigenvalue weighted by Gasteiger charge is -2.12. The second-order valence-electron chi connectivity index (χ2n) is 6.64. The van der Waals surface area contributed by atoms with E-state index < -0.39 is 0 Å². The average molecular weight is 364 g/mol. The van der Waals surface area contributed by atoms with Gasteiger partial charge in [-0.05, 0) is 31.9 Å². The molecule has 27 heavy (non-hydrogen) atoms. The molecule has 140 valence electrons. The molecule has 0 aliphatic carbocycles. The van der Waals surface area contributed by atoms with E-state index in [9.17, 15) is 4.79 Å². The van der Waals surface area contributed by atoms with Gasteiger partial charge in [-0.2, -0.15) is 0 Å². The van der Waals surface area contributed by atoms with Crippen LogP contribution in [-0.4, -0.2) is 39.7 Å². The van der Waals surface area contributed by atoms with Gasteiger partial charge >= 0.3 is 0 Å². The molecule has 0 saturated heterocycles. The number of hydrogen-bond acceptors (Lipinski definition) is 5. The minimum absolute atomic E-state index is 0.0205. The molecular formula is C20H24N6O. The predicted octanol–water partition coefficient (Wildman–Crippen LogP) is 3.12. The third kappa shape index (κ3) is 3.67. The maximum Gasteiger partial charge on any atom is 0.255 e. The van der Waals surface area contributed by atoms with Gasteiger partial charge < -0.3 is 15.6 Å². The van der Waals surface area contributed by atoms with Crippen LogP contribution in [0, 0.1) is 5.41 Å². The van der Waals surface area contributed by atoms with Crippen LogP contribution in [0.2, 0.25) is 0 Å². The van der Waals surface area contributed by atoms with Crippen molar-refractivity contribution >= 4 is 28.5 Å². The first kappa shape index (κ1) is 18.6. The Bertz CT molecular complexity index is 1000. The molecule has 0 bridgehead atoms. The number of carbonyl (C=O) groups excluding carboxylic acids is 1. The number of H-pyrrole nitrogens is 1. The lowest BCUT2D eigenvalue weighted by Crippen LogP contribution is -2.30. The molecule has 3 aromatic rings. The van der Waals surface area contributed by atoms with Crippen LogP contribution in [0.5, 0.6) is 0 Å². The number of aryl methyl sites for hydroxylation is 1. The molecule has 2 aromatic heterocycles. The van der Waals surface area contributed by atoms with Crippen molar-refractivity contribution in [2.75, 3.05) is 12.4 Å². The molecule has 3 rings (SSSR count). The molecule has 1 aromatic carbocycles. The number of rotatable bonds is 6. The molecule has 0 radical (unpaired) electrons. The Hall–Kier alpha value is -3.22. The van der Waals surface area contributed by atoms with E-state index in [1.807, 2.05) is 39.1 Å². The first-order valence-electron chi connectivity index (χ1n) is 8.99. The summed E-state index contributed by atoms with van der Waals surface area (Å²) in [4.78, 5) is 24.2. The maximum atomic E-state index is 12.4. The molecule has 0 atom stereocenters. The number of hydrogen-bond donors (Lipinski definition) is 4. The fourth-order valence-electron chi connectivity index (χ4n) is 2.90. The van der Waals surface area contributed by atoms with Crippen LogP contribution in [-0.2, 0) is 6.42 Å². The minimum atomic E-state index is -0.211. The Morgan fingerprint density at radius 2 is 2.07 bits per heavy atom. The van der Waals surface area contributed by atoms with Crippen molar-refractivity contribution in [3.8, 4) is 0 Å². The number of nitrogens with zero attached hydrogens (tertiary/aromatic N) is 2. The largest absolute Gasteiger partial charge is 0.388 e. The summed E-state index contributed by atoms with van der Waals surface area (Å²) in [5.74, 6) is -0.211. The Labute approximate surface area is 158 Å². The van der Waals surface area contributed by atoms with Crippen LogP contribution in [0.1, 0.15) is 48.0 Å². The number of carbonyl (C=O) groups is 1. The first-order chi connectivity index (χ1) is 12.9. The molecule has 0 unspecified atom stereocenters. The Balaban J connectivity index is 2.02. The van der Waals surface area contributed by atoms with Crippen LogP contribution in [0.15, 0.2) is 30.6 Å². The number of aromatic nitrogens is 3. The third-order valence-electron chi connectivity index (χ3n) is 4.33. The van der Waals surface area contributed by atoms with E-state index in [1.165, 1.54) is 5.56 Å². The Morgan fingerprint density at radius 1 is 1.30 bits per heavy atom. The molecule has 0 saturated carbocycles. The summed E-state index contributed by atoms with van der Waals surface area (Å²) < 4.78 is 0. The normalized spacial score (nSPS) is 11.0. The second-order valence-corrected chi connectivity index (χ2v) is 6.64. The Morgan fingerprint density at radius 3 is 2.74 bits per heavy atom. The SMILES string of the molecule is CCc1ccc(C(=N)c2cnc3[nH]cc(C(=O)NC(C)C)c3n2)c(NC)c1. The monoisotopic (exact) mass is 364 g/mol. The van der Waals surface area contributed by atoms with E-state index in [-0.39, 0.29) is 17.7 Å². The van der Waals surface area contributed by atoms with Gasteiger partial charge in [-0.25, -0.2) is 9.97 Å². The average Bonchev–Trinajstić information content (AvgIpc) is 3.09. The molecule has 0 fully saturated rings. The summed E-state index contributed by atoms with van der Waals surface area (Å²) in [6.07, 6.45) is 4.08. The summed E-state index contributed by atoms with van der Waals surface area (Å²) >= 11 is 0. The molecule has 7 heteroatoms. The highest BCUT2D eigenvalue weighted by molar-refractivity contribution is 6.14. The van der Waals surface area contributed by atoms with E-state index in [0.29, 0.717) is 22.4 Å². The van der Waals surface area contributed by atoms with Crippen LogP contribution < -0.4 is 10.6 Å². The molecule has 0 spiro atoms. The van der Waals surface area contributed by atoms with Gasteiger partial charge in [-0.15, -0.1) is 0 Å². The van der Waals surface area contributed by atoms with Crippen molar-refractivity contribution in [2.24, 2.45) is 0 Å².